The van der Waals surface area contributed by atoms with Gasteiger partial charge in [0.1, 0.15) is 5.82 Å². The molecule has 0 aliphatic heterocycles. The van der Waals surface area contributed by atoms with Gasteiger partial charge in [0.2, 0.25) is 0 Å². The number of rotatable bonds is 0. The zero-order chi connectivity index (χ0) is 7.56. The maximum absolute atomic E-state index is 12.7. The predicted octanol–water partition coefficient (Wildman–Crippen LogP) is 2.12. The van der Waals surface area contributed by atoms with E-state index in [1.165, 1.54) is 6.07 Å². The van der Waals surface area contributed by atoms with E-state index in [0.717, 1.165) is 0 Å². The third-order valence-corrected chi connectivity index (χ3v) is 1.42. The lowest BCUT2D eigenvalue weighted by molar-refractivity contribution is 0.618. The van der Waals surface area contributed by atoms with E-state index >= 15 is 0 Å². The molecule has 1 rings (SSSR count). The summed E-state index contributed by atoms with van der Waals surface area (Å²) in [4.78, 5) is 0. The van der Waals surface area contributed by atoms with Crippen molar-refractivity contribution in [1.82, 2.24) is 0 Å². The summed E-state index contributed by atoms with van der Waals surface area (Å²) < 4.78 is 12.7. The third kappa shape index (κ3) is 1.01. The molecule has 0 saturated carbocycles. The Hall–Kier alpha value is -1.29. The van der Waals surface area contributed by atoms with Gasteiger partial charge in [0.25, 0.3) is 0 Å². The molecule has 0 radical (unpaired) electrons. The Bertz CT molecular complexity index is 281. The smallest absolute Gasteiger partial charge is 0.127 e. The minimum atomic E-state index is -0.240. The van der Waals surface area contributed by atoms with Crippen LogP contribution in [0, 0.1) is 25.1 Å². The second kappa shape index (κ2) is 2.53. The molecular formula is C9H7F. The van der Waals surface area contributed by atoms with E-state index in [2.05, 4.69) is 5.92 Å². The van der Waals surface area contributed by atoms with E-state index in [4.69, 9.17) is 6.42 Å². The fourth-order valence-corrected chi connectivity index (χ4v) is 0.764. The minimum absolute atomic E-state index is 0.240. The molecule has 0 N–H and O–H groups in total. The Balaban J connectivity index is 3.31. The number of terminal acetylenes is 1. The number of hydrogen-bond donors (Lipinski definition) is 0. The summed E-state index contributed by atoms with van der Waals surface area (Å²) in [5.74, 6) is 2.16. The zero-order valence-electron chi connectivity index (χ0n) is 5.69. The average molecular weight is 134 g/mol. The van der Waals surface area contributed by atoms with Crippen molar-refractivity contribution in [3.05, 3.63) is 35.1 Å². The van der Waals surface area contributed by atoms with Crippen LogP contribution in [0.1, 0.15) is 11.1 Å². The van der Waals surface area contributed by atoms with E-state index in [1.807, 2.05) is 0 Å². The van der Waals surface area contributed by atoms with Crippen molar-refractivity contribution in [1.29, 1.82) is 0 Å². The van der Waals surface area contributed by atoms with E-state index in [1.54, 1.807) is 19.1 Å². The van der Waals surface area contributed by atoms with Crippen LogP contribution in [-0.2, 0) is 0 Å². The summed E-state index contributed by atoms with van der Waals surface area (Å²) >= 11 is 0. The average Bonchev–Trinajstić information content (AvgIpc) is 1.95. The SMILES string of the molecule is C#Cc1cccc(F)c1C. The van der Waals surface area contributed by atoms with Gasteiger partial charge in [-0.15, -0.1) is 6.42 Å². The Morgan fingerprint density at radius 3 is 2.70 bits per heavy atom. The fourth-order valence-electron chi connectivity index (χ4n) is 0.764. The molecule has 1 aromatic carbocycles. The first kappa shape index (κ1) is 6.82. The summed E-state index contributed by atoms with van der Waals surface area (Å²) in [7, 11) is 0. The molecule has 0 fully saturated rings. The lowest BCUT2D eigenvalue weighted by atomic mass is 10.1. The van der Waals surface area contributed by atoms with Crippen LogP contribution in [0.2, 0.25) is 0 Å². The first-order valence-electron chi connectivity index (χ1n) is 2.97. The molecule has 1 aromatic rings. The van der Waals surface area contributed by atoms with Crippen molar-refractivity contribution in [2.75, 3.05) is 0 Å². The lowest BCUT2D eigenvalue weighted by Crippen LogP contribution is -1.85. The van der Waals surface area contributed by atoms with Crippen molar-refractivity contribution in [3.8, 4) is 12.3 Å². The summed E-state index contributed by atoms with van der Waals surface area (Å²) in [6, 6.07) is 4.73. The summed E-state index contributed by atoms with van der Waals surface area (Å²) in [5, 5.41) is 0. The highest BCUT2D eigenvalue weighted by Crippen LogP contribution is 2.09. The summed E-state index contributed by atoms with van der Waals surface area (Å²) in [6.07, 6.45) is 5.10. The van der Waals surface area contributed by atoms with Crippen molar-refractivity contribution >= 4 is 0 Å². The van der Waals surface area contributed by atoms with Crippen molar-refractivity contribution in [3.63, 3.8) is 0 Å². The van der Waals surface area contributed by atoms with Crippen LogP contribution in [0.15, 0.2) is 18.2 Å². The maximum Gasteiger partial charge on any atom is 0.127 e. The van der Waals surface area contributed by atoms with Gasteiger partial charge in [-0.05, 0) is 19.1 Å². The molecule has 0 aliphatic carbocycles. The Morgan fingerprint density at radius 2 is 2.20 bits per heavy atom. The van der Waals surface area contributed by atoms with Crippen molar-refractivity contribution in [2.24, 2.45) is 0 Å². The molecule has 0 heterocycles. The van der Waals surface area contributed by atoms with Gasteiger partial charge in [-0.1, -0.05) is 12.0 Å². The normalized spacial score (nSPS) is 8.90. The van der Waals surface area contributed by atoms with Gasteiger partial charge in [0.05, 0.1) is 0 Å². The lowest BCUT2D eigenvalue weighted by Gasteiger charge is -1.96. The molecular weight excluding hydrogens is 127 g/mol. The highest BCUT2D eigenvalue weighted by Gasteiger charge is 1.98. The summed E-state index contributed by atoms with van der Waals surface area (Å²) in [6.45, 7) is 1.67. The molecule has 0 spiro atoms. The topological polar surface area (TPSA) is 0 Å². The molecule has 0 nitrogen and oxygen atoms in total. The van der Waals surface area contributed by atoms with E-state index < -0.39 is 0 Å². The number of halogens is 1. The zero-order valence-corrected chi connectivity index (χ0v) is 5.69. The molecule has 0 aliphatic rings. The van der Waals surface area contributed by atoms with E-state index in [-0.39, 0.29) is 5.82 Å². The van der Waals surface area contributed by atoms with Gasteiger partial charge in [0, 0.05) is 11.1 Å². The van der Waals surface area contributed by atoms with E-state index in [9.17, 15) is 4.39 Å². The van der Waals surface area contributed by atoms with Crippen LogP contribution in [0.3, 0.4) is 0 Å². The number of hydrogen-bond acceptors (Lipinski definition) is 0. The second-order valence-electron chi connectivity index (χ2n) is 2.06. The Kier molecular flexibility index (Phi) is 1.73. The molecule has 0 unspecified atom stereocenters. The molecule has 0 saturated heterocycles. The van der Waals surface area contributed by atoms with Gasteiger partial charge in [0.15, 0.2) is 0 Å². The first-order chi connectivity index (χ1) is 4.75. The molecule has 1 heteroatoms. The highest BCUT2D eigenvalue weighted by atomic mass is 19.1. The Labute approximate surface area is 59.7 Å². The predicted molar refractivity (Wildman–Crippen MR) is 39.1 cm³/mol. The fraction of sp³-hybridized carbons (Fsp3) is 0.111. The van der Waals surface area contributed by atoms with Crippen LogP contribution in [0.5, 0.6) is 0 Å². The van der Waals surface area contributed by atoms with Crippen LogP contribution in [0.25, 0.3) is 0 Å². The standard InChI is InChI=1S/C9H7F/c1-3-8-5-4-6-9(10)7(8)2/h1,4-6H,2H3. The van der Waals surface area contributed by atoms with Gasteiger partial charge >= 0.3 is 0 Å². The van der Waals surface area contributed by atoms with Gasteiger partial charge < -0.3 is 0 Å². The minimum Gasteiger partial charge on any atom is -0.207 e. The molecule has 10 heavy (non-hydrogen) atoms. The first-order valence-corrected chi connectivity index (χ1v) is 2.97. The molecule has 0 bridgehead atoms. The van der Waals surface area contributed by atoms with Crippen molar-refractivity contribution in [2.45, 2.75) is 6.92 Å². The monoisotopic (exact) mass is 134 g/mol. The van der Waals surface area contributed by atoms with Gasteiger partial charge in [-0.25, -0.2) is 4.39 Å². The molecule has 50 valence electrons. The highest BCUT2D eigenvalue weighted by molar-refractivity contribution is 5.39. The maximum atomic E-state index is 12.7. The quantitative estimate of drug-likeness (QED) is 0.477. The molecule has 0 amide bonds. The number of benzene rings is 1. The van der Waals surface area contributed by atoms with E-state index in [0.29, 0.717) is 11.1 Å². The van der Waals surface area contributed by atoms with Crippen LogP contribution in [0.4, 0.5) is 4.39 Å². The summed E-state index contributed by atoms with van der Waals surface area (Å²) in [5.41, 5.74) is 1.17. The van der Waals surface area contributed by atoms with Gasteiger partial charge in [-0.2, -0.15) is 0 Å². The molecule has 0 aromatic heterocycles. The van der Waals surface area contributed by atoms with Gasteiger partial charge in [-0.3, -0.25) is 0 Å². The second-order valence-corrected chi connectivity index (χ2v) is 2.06. The van der Waals surface area contributed by atoms with Crippen LogP contribution >= 0.6 is 0 Å². The molecule has 0 atom stereocenters. The third-order valence-electron chi connectivity index (χ3n) is 1.42. The largest absolute Gasteiger partial charge is 0.207 e. The Morgan fingerprint density at radius 1 is 1.50 bits per heavy atom. The van der Waals surface area contributed by atoms with Crippen LogP contribution < -0.4 is 0 Å². The van der Waals surface area contributed by atoms with Crippen molar-refractivity contribution < 1.29 is 4.39 Å². The van der Waals surface area contributed by atoms with Crippen LogP contribution in [-0.4, -0.2) is 0 Å².